The Balaban J connectivity index is 2.24. The predicted molar refractivity (Wildman–Crippen MR) is 74.5 cm³/mol. The molecule has 3 nitrogen and oxygen atoms in total. The van der Waals surface area contributed by atoms with E-state index in [1.165, 1.54) is 11.1 Å². The predicted octanol–water partition coefficient (Wildman–Crippen LogP) is 2.62. The van der Waals surface area contributed by atoms with Crippen LogP contribution in [0.25, 0.3) is 0 Å². The lowest BCUT2D eigenvalue weighted by atomic mass is 9.98. The lowest BCUT2D eigenvalue weighted by Gasteiger charge is -2.20. The number of aromatic nitrogens is 2. The minimum absolute atomic E-state index is 0.331. The Hall–Kier alpha value is -1.61. The van der Waals surface area contributed by atoms with E-state index in [1.807, 2.05) is 19.4 Å². The molecule has 0 aliphatic carbocycles. The van der Waals surface area contributed by atoms with Crippen LogP contribution in [0.3, 0.4) is 0 Å². The highest BCUT2D eigenvalue weighted by molar-refractivity contribution is 5.29. The number of nitrogens with one attached hydrogen (secondary N) is 1. The van der Waals surface area contributed by atoms with Crippen molar-refractivity contribution < 1.29 is 0 Å². The molecule has 0 bridgehead atoms. The van der Waals surface area contributed by atoms with Gasteiger partial charge in [0, 0.05) is 31.9 Å². The number of hydrogen-bond donors (Lipinski definition) is 1. The van der Waals surface area contributed by atoms with Crippen molar-refractivity contribution >= 4 is 0 Å². The minimum Gasteiger partial charge on any atom is -0.338 e. The van der Waals surface area contributed by atoms with E-state index in [2.05, 4.69) is 53.0 Å². The highest BCUT2D eigenvalue weighted by Gasteiger charge is 2.15. The summed E-state index contributed by atoms with van der Waals surface area (Å²) in [6, 6.07) is 8.88. The van der Waals surface area contributed by atoms with Gasteiger partial charge in [-0.2, -0.15) is 0 Å². The van der Waals surface area contributed by atoms with E-state index < -0.39 is 0 Å². The Morgan fingerprint density at radius 2 is 2.11 bits per heavy atom. The molecule has 0 amide bonds. The van der Waals surface area contributed by atoms with Crippen LogP contribution in [0.4, 0.5) is 0 Å². The fraction of sp³-hybridized carbons (Fsp3) is 0.400. The SMILES string of the molecule is CCNC(Cc1nccn1C)c1ccccc1C. The van der Waals surface area contributed by atoms with Gasteiger partial charge >= 0.3 is 0 Å². The molecule has 1 aromatic carbocycles. The topological polar surface area (TPSA) is 29.9 Å². The van der Waals surface area contributed by atoms with Crippen molar-refractivity contribution in [3.8, 4) is 0 Å². The maximum Gasteiger partial charge on any atom is 0.110 e. The maximum atomic E-state index is 4.42. The molecule has 0 saturated heterocycles. The first-order chi connectivity index (χ1) is 8.72. The number of nitrogens with zero attached hydrogens (tertiary/aromatic N) is 2. The summed E-state index contributed by atoms with van der Waals surface area (Å²) in [7, 11) is 2.04. The van der Waals surface area contributed by atoms with Crippen LogP contribution in [0.2, 0.25) is 0 Å². The van der Waals surface area contributed by atoms with Crippen molar-refractivity contribution in [2.45, 2.75) is 26.3 Å². The zero-order chi connectivity index (χ0) is 13.0. The van der Waals surface area contributed by atoms with Crippen LogP contribution in [0.15, 0.2) is 36.7 Å². The minimum atomic E-state index is 0.331. The number of benzene rings is 1. The van der Waals surface area contributed by atoms with Gasteiger partial charge in [0.25, 0.3) is 0 Å². The van der Waals surface area contributed by atoms with Crippen molar-refractivity contribution in [1.82, 2.24) is 14.9 Å². The fourth-order valence-corrected chi connectivity index (χ4v) is 2.29. The second-order valence-corrected chi connectivity index (χ2v) is 4.63. The highest BCUT2D eigenvalue weighted by atomic mass is 15.0. The van der Waals surface area contributed by atoms with Crippen LogP contribution in [-0.4, -0.2) is 16.1 Å². The third kappa shape index (κ3) is 2.79. The van der Waals surface area contributed by atoms with E-state index >= 15 is 0 Å². The van der Waals surface area contributed by atoms with Gasteiger partial charge in [0.05, 0.1) is 0 Å². The molecule has 1 heterocycles. The van der Waals surface area contributed by atoms with Crippen molar-refractivity contribution in [1.29, 1.82) is 0 Å². The van der Waals surface area contributed by atoms with Crippen molar-refractivity contribution in [2.75, 3.05) is 6.54 Å². The molecule has 1 unspecified atom stereocenters. The van der Waals surface area contributed by atoms with E-state index in [4.69, 9.17) is 0 Å². The van der Waals surface area contributed by atoms with Gasteiger partial charge in [0.1, 0.15) is 5.82 Å². The largest absolute Gasteiger partial charge is 0.338 e. The summed E-state index contributed by atoms with van der Waals surface area (Å²) in [5.74, 6) is 1.12. The molecule has 0 aliphatic heterocycles. The van der Waals surface area contributed by atoms with E-state index in [-0.39, 0.29) is 0 Å². The lowest BCUT2D eigenvalue weighted by Crippen LogP contribution is -2.24. The van der Waals surface area contributed by atoms with Gasteiger partial charge in [-0.3, -0.25) is 0 Å². The molecular formula is C15H21N3. The first kappa shape index (κ1) is 12.8. The molecule has 2 rings (SSSR count). The standard InChI is InChI=1S/C15H21N3/c1-4-16-14(11-15-17-9-10-18(15)3)13-8-6-5-7-12(13)2/h5-10,14,16H,4,11H2,1-3H3. The summed E-state index contributed by atoms with van der Waals surface area (Å²) in [6.45, 7) is 5.27. The Kier molecular flexibility index (Phi) is 4.15. The van der Waals surface area contributed by atoms with Gasteiger partial charge in [-0.05, 0) is 24.6 Å². The molecule has 1 aromatic heterocycles. The van der Waals surface area contributed by atoms with Gasteiger partial charge in [0.2, 0.25) is 0 Å². The summed E-state index contributed by atoms with van der Waals surface area (Å²) in [5, 5.41) is 3.55. The number of rotatable bonds is 5. The molecule has 0 aliphatic rings. The van der Waals surface area contributed by atoms with E-state index in [9.17, 15) is 0 Å². The Bertz CT molecular complexity index is 502. The summed E-state index contributed by atoms with van der Waals surface area (Å²) in [5.41, 5.74) is 2.69. The number of imidazole rings is 1. The van der Waals surface area contributed by atoms with Crippen LogP contribution >= 0.6 is 0 Å². The van der Waals surface area contributed by atoms with Gasteiger partial charge in [-0.15, -0.1) is 0 Å². The monoisotopic (exact) mass is 243 g/mol. The van der Waals surface area contributed by atoms with Crippen LogP contribution in [0, 0.1) is 6.92 Å². The van der Waals surface area contributed by atoms with Gasteiger partial charge in [-0.1, -0.05) is 31.2 Å². The zero-order valence-corrected chi connectivity index (χ0v) is 11.4. The first-order valence-corrected chi connectivity index (χ1v) is 6.47. The molecule has 18 heavy (non-hydrogen) atoms. The first-order valence-electron chi connectivity index (χ1n) is 6.47. The van der Waals surface area contributed by atoms with Crippen molar-refractivity contribution in [2.24, 2.45) is 7.05 Å². The second-order valence-electron chi connectivity index (χ2n) is 4.63. The molecule has 0 fully saturated rings. The highest BCUT2D eigenvalue weighted by Crippen LogP contribution is 2.20. The third-order valence-electron chi connectivity index (χ3n) is 3.32. The molecule has 96 valence electrons. The number of hydrogen-bond acceptors (Lipinski definition) is 2. The van der Waals surface area contributed by atoms with Crippen LogP contribution in [-0.2, 0) is 13.5 Å². The maximum absolute atomic E-state index is 4.42. The molecular weight excluding hydrogens is 222 g/mol. The molecule has 0 spiro atoms. The van der Waals surface area contributed by atoms with Gasteiger partial charge in [0.15, 0.2) is 0 Å². The molecule has 0 radical (unpaired) electrons. The normalized spacial score (nSPS) is 12.6. The summed E-state index contributed by atoms with van der Waals surface area (Å²) < 4.78 is 2.09. The summed E-state index contributed by atoms with van der Waals surface area (Å²) in [4.78, 5) is 4.42. The van der Waals surface area contributed by atoms with Gasteiger partial charge in [-0.25, -0.2) is 4.98 Å². The lowest BCUT2D eigenvalue weighted by molar-refractivity contribution is 0.527. The number of likely N-dealkylation sites (N-methyl/N-ethyl adjacent to an activating group) is 1. The molecule has 1 atom stereocenters. The zero-order valence-electron chi connectivity index (χ0n) is 11.4. The second kappa shape index (κ2) is 5.83. The Labute approximate surface area is 109 Å². The summed E-state index contributed by atoms with van der Waals surface area (Å²) >= 11 is 0. The smallest absolute Gasteiger partial charge is 0.110 e. The van der Waals surface area contributed by atoms with Crippen LogP contribution in [0.1, 0.15) is 29.9 Å². The fourth-order valence-electron chi connectivity index (χ4n) is 2.29. The number of aryl methyl sites for hydroxylation is 2. The van der Waals surface area contributed by atoms with Crippen LogP contribution < -0.4 is 5.32 Å². The quantitative estimate of drug-likeness (QED) is 0.875. The van der Waals surface area contributed by atoms with Crippen molar-refractivity contribution in [3.05, 3.63) is 53.6 Å². The molecule has 1 N–H and O–H groups in total. The van der Waals surface area contributed by atoms with E-state index in [0.717, 1.165) is 18.8 Å². The summed E-state index contributed by atoms with van der Waals surface area (Å²) in [6.07, 6.45) is 4.77. The van der Waals surface area contributed by atoms with E-state index in [0.29, 0.717) is 6.04 Å². The Morgan fingerprint density at radius 1 is 1.33 bits per heavy atom. The van der Waals surface area contributed by atoms with Crippen LogP contribution in [0.5, 0.6) is 0 Å². The van der Waals surface area contributed by atoms with Gasteiger partial charge < -0.3 is 9.88 Å². The third-order valence-corrected chi connectivity index (χ3v) is 3.32. The molecule has 3 heteroatoms. The van der Waals surface area contributed by atoms with E-state index in [1.54, 1.807) is 0 Å². The Morgan fingerprint density at radius 3 is 2.72 bits per heavy atom. The molecule has 0 saturated carbocycles. The van der Waals surface area contributed by atoms with Crippen molar-refractivity contribution in [3.63, 3.8) is 0 Å². The average Bonchev–Trinajstić information content (AvgIpc) is 2.75. The average molecular weight is 243 g/mol. The molecule has 2 aromatic rings.